The fourth-order valence-corrected chi connectivity index (χ4v) is 4.74. The Morgan fingerprint density at radius 3 is 2.70 bits per heavy atom. The van der Waals surface area contributed by atoms with Gasteiger partial charge in [0.05, 0.1) is 12.2 Å². The molecule has 1 saturated carbocycles. The molecule has 176 valence electrons. The maximum atomic E-state index is 12.0. The van der Waals surface area contributed by atoms with E-state index in [4.69, 9.17) is 14.2 Å². The molecule has 0 bridgehead atoms. The average Bonchev–Trinajstić information content (AvgIpc) is 2.76. The Hall–Kier alpha value is -3.10. The number of carboxylic acids is 1. The van der Waals surface area contributed by atoms with Gasteiger partial charge in [0.2, 0.25) is 5.79 Å². The first kappa shape index (κ1) is 23.1. The number of amides is 1. The number of hydrogen-bond donors (Lipinski definition) is 3. The van der Waals surface area contributed by atoms with Crippen LogP contribution in [0.5, 0.6) is 5.75 Å². The average molecular weight is 456 g/mol. The van der Waals surface area contributed by atoms with Crippen LogP contribution < -0.4 is 10.1 Å². The normalized spacial score (nSPS) is 25.6. The van der Waals surface area contributed by atoms with E-state index in [1.54, 1.807) is 43.3 Å². The first-order valence-corrected chi connectivity index (χ1v) is 11.1. The number of benzene rings is 2. The van der Waals surface area contributed by atoms with E-state index in [0.717, 1.165) is 11.1 Å². The Balaban J connectivity index is 1.62. The Bertz CT molecular complexity index is 1070. The minimum atomic E-state index is -1.35. The van der Waals surface area contributed by atoms with Crippen molar-refractivity contribution in [1.29, 1.82) is 0 Å². The molecular formula is C25H29NO7. The third-order valence-electron chi connectivity index (χ3n) is 6.14. The van der Waals surface area contributed by atoms with E-state index in [0.29, 0.717) is 30.7 Å². The minimum absolute atomic E-state index is 0.166. The van der Waals surface area contributed by atoms with Gasteiger partial charge in [-0.2, -0.15) is 0 Å². The van der Waals surface area contributed by atoms with Crippen molar-refractivity contribution < 1.29 is 34.0 Å². The van der Waals surface area contributed by atoms with Crippen LogP contribution in [0.4, 0.5) is 4.79 Å². The van der Waals surface area contributed by atoms with Gasteiger partial charge in [-0.25, -0.2) is 9.59 Å². The van der Waals surface area contributed by atoms with Crippen LogP contribution in [0.15, 0.2) is 42.5 Å². The van der Waals surface area contributed by atoms with Crippen LogP contribution in [0.25, 0.3) is 11.1 Å². The lowest BCUT2D eigenvalue weighted by atomic mass is 9.71. The minimum Gasteiger partial charge on any atom is -0.478 e. The molecule has 8 heteroatoms. The first-order valence-electron chi connectivity index (χ1n) is 11.1. The number of nitrogens with one attached hydrogen (secondary N) is 1. The number of carbonyl (C=O) groups excluding carboxylic acids is 1. The maximum absolute atomic E-state index is 12.0. The van der Waals surface area contributed by atoms with Crippen molar-refractivity contribution in [2.24, 2.45) is 5.41 Å². The van der Waals surface area contributed by atoms with E-state index in [1.165, 1.54) is 0 Å². The number of carbonyl (C=O) groups is 2. The molecule has 0 saturated heterocycles. The van der Waals surface area contributed by atoms with Gasteiger partial charge in [0.1, 0.15) is 11.9 Å². The quantitative estimate of drug-likeness (QED) is 0.639. The molecule has 1 aliphatic carbocycles. The van der Waals surface area contributed by atoms with Crippen molar-refractivity contribution >= 4 is 12.1 Å². The third-order valence-corrected chi connectivity index (χ3v) is 6.14. The standard InChI is InChI=1S/C25H29NO7/c1-4-26-23(30)32-20-12-24(2,3)14-25(21(20)27)31-13-16-11-15(9-10-19(16)33-25)17-7-5-6-8-18(17)22(28)29/h5-11,20-21,27H,4,12-14H2,1-3H3,(H,26,30)(H,28,29)/t20-,21-,25-/m0/s1. The molecule has 3 N–H and O–H groups in total. The summed E-state index contributed by atoms with van der Waals surface area (Å²) in [7, 11) is 0. The van der Waals surface area contributed by atoms with E-state index in [9.17, 15) is 19.8 Å². The molecule has 33 heavy (non-hydrogen) atoms. The van der Waals surface area contributed by atoms with E-state index in [-0.39, 0.29) is 17.6 Å². The molecule has 0 aromatic heterocycles. The predicted molar refractivity (Wildman–Crippen MR) is 120 cm³/mol. The van der Waals surface area contributed by atoms with E-state index in [1.807, 2.05) is 19.9 Å². The van der Waals surface area contributed by atoms with Gasteiger partial charge in [-0.1, -0.05) is 38.1 Å². The van der Waals surface area contributed by atoms with Gasteiger partial charge in [0.15, 0.2) is 6.10 Å². The Morgan fingerprint density at radius 2 is 1.97 bits per heavy atom. The highest BCUT2D eigenvalue weighted by molar-refractivity contribution is 5.96. The summed E-state index contributed by atoms with van der Waals surface area (Å²) in [5, 5.41) is 23.2. The second-order valence-corrected chi connectivity index (χ2v) is 9.34. The van der Waals surface area contributed by atoms with Crippen LogP contribution in [-0.2, 0) is 16.1 Å². The summed E-state index contributed by atoms with van der Waals surface area (Å²) >= 11 is 0. The Kier molecular flexibility index (Phi) is 6.07. The van der Waals surface area contributed by atoms with E-state index < -0.39 is 30.1 Å². The number of fused-ring (bicyclic) bond motifs is 1. The van der Waals surface area contributed by atoms with Crippen molar-refractivity contribution in [3.8, 4) is 16.9 Å². The van der Waals surface area contributed by atoms with Crippen LogP contribution in [0.1, 0.15) is 49.5 Å². The highest BCUT2D eigenvalue weighted by Gasteiger charge is 2.57. The van der Waals surface area contributed by atoms with Crippen molar-refractivity contribution in [3.05, 3.63) is 53.6 Å². The number of ether oxygens (including phenoxy) is 3. The summed E-state index contributed by atoms with van der Waals surface area (Å²) < 4.78 is 17.9. The summed E-state index contributed by atoms with van der Waals surface area (Å²) in [5.41, 5.74) is 1.98. The number of aliphatic hydroxyl groups is 1. The van der Waals surface area contributed by atoms with Gasteiger partial charge in [0.25, 0.3) is 0 Å². The number of rotatable bonds is 4. The fourth-order valence-electron chi connectivity index (χ4n) is 4.74. The zero-order valence-electron chi connectivity index (χ0n) is 19.0. The van der Waals surface area contributed by atoms with Crippen molar-refractivity contribution in [1.82, 2.24) is 5.32 Å². The number of carboxylic acid groups (broad SMARTS) is 1. The van der Waals surface area contributed by atoms with Crippen molar-refractivity contribution in [2.45, 2.75) is 58.2 Å². The van der Waals surface area contributed by atoms with Crippen LogP contribution in [0, 0.1) is 5.41 Å². The van der Waals surface area contributed by atoms with Gasteiger partial charge < -0.3 is 29.7 Å². The zero-order valence-corrected chi connectivity index (χ0v) is 19.0. The molecule has 1 amide bonds. The highest BCUT2D eigenvalue weighted by Crippen LogP contribution is 2.48. The molecule has 0 unspecified atom stereocenters. The highest BCUT2D eigenvalue weighted by atomic mass is 16.7. The lowest BCUT2D eigenvalue weighted by molar-refractivity contribution is -0.304. The molecule has 0 radical (unpaired) electrons. The topological polar surface area (TPSA) is 114 Å². The summed E-state index contributed by atoms with van der Waals surface area (Å²) in [6, 6.07) is 12.2. The smallest absolute Gasteiger partial charge is 0.407 e. The first-order chi connectivity index (χ1) is 15.6. The third kappa shape index (κ3) is 4.54. The molecule has 1 spiro atoms. The predicted octanol–water partition coefficient (Wildman–Crippen LogP) is 3.95. The van der Waals surface area contributed by atoms with Gasteiger partial charge in [0, 0.05) is 18.5 Å². The maximum Gasteiger partial charge on any atom is 0.407 e. The van der Waals surface area contributed by atoms with Gasteiger partial charge in [-0.3, -0.25) is 0 Å². The van der Waals surface area contributed by atoms with Crippen LogP contribution in [-0.4, -0.2) is 46.8 Å². The van der Waals surface area contributed by atoms with Crippen molar-refractivity contribution in [3.63, 3.8) is 0 Å². The van der Waals surface area contributed by atoms with Crippen LogP contribution in [0.3, 0.4) is 0 Å². The largest absolute Gasteiger partial charge is 0.478 e. The lowest BCUT2D eigenvalue weighted by Crippen LogP contribution is -2.63. The van der Waals surface area contributed by atoms with E-state index >= 15 is 0 Å². The SMILES string of the molecule is CCNC(=O)O[C@H]1CC(C)(C)C[C@@]2(OCc3cc(-c4ccccc4C(=O)O)ccc3O2)[C@H]1O. The number of alkyl carbamates (subject to hydrolysis) is 1. The Morgan fingerprint density at radius 1 is 1.21 bits per heavy atom. The molecule has 1 heterocycles. The molecule has 4 rings (SSSR count). The second-order valence-electron chi connectivity index (χ2n) is 9.34. The summed E-state index contributed by atoms with van der Waals surface area (Å²) in [6.45, 7) is 6.41. The molecular weight excluding hydrogens is 426 g/mol. The van der Waals surface area contributed by atoms with Gasteiger partial charge in [-0.15, -0.1) is 0 Å². The summed E-state index contributed by atoms with van der Waals surface area (Å²) in [5.74, 6) is -1.81. The number of aromatic carboxylic acids is 1. The second kappa shape index (κ2) is 8.68. The molecule has 1 aliphatic heterocycles. The summed E-state index contributed by atoms with van der Waals surface area (Å²) in [6.07, 6.45) is -1.67. The van der Waals surface area contributed by atoms with Crippen LogP contribution in [0.2, 0.25) is 0 Å². The molecule has 2 aromatic rings. The van der Waals surface area contributed by atoms with Crippen molar-refractivity contribution in [2.75, 3.05) is 6.54 Å². The molecule has 3 atom stereocenters. The number of hydrogen-bond acceptors (Lipinski definition) is 6. The van der Waals surface area contributed by atoms with Gasteiger partial charge in [-0.05, 0) is 48.1 Å². The molecule has 1 fully saturated rings. The molecule has 2 aromatic carbocycles. The lowest BCUT2D eigenvalue weighted by Gasteiger charge is -2.51. The number of aliphatic hydroxyl groups excluding tert-OH is 1. The van der Waals surface area contributed by atoms with Gasteiger partial charge >= 0.3 is 12.1 Å². The Labute approximate surface area is 192 Å². The van der Waals surface area contributed by atoms with E-state index in [2.05, 4.69) is 5.32 Å². The van der Waals surface area contributed by atoms with Crippen LogP contribution >= 0.6 is 0 Å². The zero-order chi connectivity index (χ0) is 23.8. The fraction of sp³-hybridized carbons (Fsp3) is 0.440. The molecule has 2 aliphatic rings. The monoisotopic (exact) mass is 455 g/mol. The molecule has 8 nitrogen and oxygen atoms in total. The summed E-state index contributed by atoms with van der Waals surface area (Å²) in [4.78, 5) is 23.6.